The zero-order chi connectivity index (χ0) is 39.0. The molecule has 54 heavy (non-hydrogen) atoms. The van der Waals surface area contributed by atoms with Gasteiger partial charge in [-0.25, -0.2) is 0 Å². The topological polar surface area (TPSA) is 105 Å². The van der Waals surface area contributed by atoms with Crippen molar-refractivity contribution in [3.8, 4) is 0 Å². The van der Waals surface area contributed by atoms with E-state index in [1.54, 1.807) is 0 Å². The standard InChI is InChI=1S/C46H63N3O4Si/c1-42(2,3)41(50)52-32-34-30-35(53-54(43(4,5)6,36-20-14-10-15-21-36)37-22-16-11-17-23-37)24-27-44(34,7)39-25-28-45(8)40(38(39)31-48-49-47)26-29-46(45,51)33-18-12-9-13-19-33/h9-23,34-35,38-40,51H,24-32H2,1-8H3/t34-,35+,38-,39+,40+,44+,45+,46-/m1/s1. The number of fused-ring (bicyclic) bond motifs is 1. The number of aliphatic hydroxyl groups is 1. The van der Waals surface area contributed by atoms with Crippen LogP contribution in [-0.2, 0) is 19.6 Å². The minimum Gasteiger partial charge on any atom is -0.465 e. The minimum absolute atomic E-state index is 0.0261. The van der Waals surface area contributed by atoms with E-state index in [2.05, 4.69) is 117 Å². The zero-order valence-electron chi connectivity index (χ0n) is 33.9. The Morgan fingerprint density at radius 1 is 0.833 bits per heavy atom. The smallest absolute Gasteiger partial charge is 0.311 e. The molecule has 8 heteroatoms. The molecule has 7 nitrogen and oxygen atoms in total. The van der Waals surface area contributed by atoms with E-state index in [1.807, 2.05) is 39.0 Å². The summed E-state index contributed by atoms with van der Waals surface area (Å²) < 4.78 is 14.0. The van der Waals surface area contributed by atoms with Crippen LogP contribution >= 0.6 is 0 Å². The van der Waals surface area contributed by atoms with Gasteiger partial charge in [-0.1, -0.05) is 131 Å². The Morgan fingerprint density at radius 2 is 1.39 bits per heavy atom. The van der Waals surface area contributed by atoms with Gasteiger partial charge < -0.3 is 14.3 Å². The summed E-state index contributed by atoms with van der Waals surface area (Å²) in [7, 11) is -2.82. The van der Waals surface area contributed by atoms with Crippen molar-refractivity contribution in [2.45, 2.75) is 117 Å². The molecule has 0 spiro atoms. The molecule has 0 heterocycles. The highest BCUT2D eigenvalue weighted by Crippen LogP contribution is 2.67. The fourth-order valence-corrected chi connectivity index (χ4v) is 16.0. The van der Waals surface area contributed by atoms with Crippen LogP contribution in [0, 0.1) is 39.9 Å². The summed E-state index contributed by atoms with van der Waals surface area (Å²) in [4.78, 5) is 16.7. The maximum absolute atomic E-state index is 13.4. The number of esters is 1. The van der Waals surface area contributed by atoms with Crippen molar-refractivity contribution >= 4 is 24.7 Å². The number of hydrogen-bond acceptors (Lipinski definition) is 5. The molecule has 1 N–H and O–H groups in total. The van der Waals surface area contributed by atoms with Crippen molar-refractivity contribution in [1.82, 2.24) is 0 Å². The Balaban J connectivity index is 1.38. The normalized spacial score (nSPS) is 31.6. The Hall–Kier alpha value is -3.42. The second-order valence-corrected chi connectivity index (χ2v) is 23.5. The van der Waals surface area contributed by atoms with Gasteiger partial charge in [0.25, 0.3) is 8.32 Å². The molecular formula is C46H63N3O4Si. The average molecular weight is 750 g/mol. The molecule has 0 saturated heterocycles. The van der Waals surface area contributed by atoms with Gasteiger partial charge in [0.2, 0.25) is 0 Å². The van der Waals surface area contributed by atoms with Crippen molar-refractivity contribution in [3.05, 3.63) is 107 Å². The zero-order valence-corrected chi connectivity index (χ0v) is 34.9. The van der Waals surface area contributed by atoms with Gasteiger partial charge in [-0.15, -0.1) is 0 Å². The monoisotopic (exact) mass is 749 g/mol. The molecule has 3 aromatic rings. The first-order chi connectivity index (χ1) is 25.5. The molecule has 3 fully saturated rings. The number of nitrogens with zero attached hydrogens (tertiary/aromatic N) is 3. The lowest BCUT2D eigenvalue weighted by atomic mass is 9.48. The van der Waals surface area contributed by atoms with Gasteiger partial charge in [0.1, 0.15) is 0 Å². The van der Waals surface area contributed by atoms with Crippen molar-refractivity contribution in [3.63, 3.8) is 0 Å². The van der Waals surface area contributed by atoms with Crippen LogP contribution in [-0.4, -0.2) is 38.6 Å². The molecule has 0 aliphatic heterocycles. The van der Waals surface area contributed by atoms with Crippen LogP contribution in [0.3, 0.4) is 0 Å². The molecular weight excluding hydrogens is 687 g/mol. The highest BCUT2D eigenvalue weighted by molar-refractivity contribution is 6.99. The molecule has 3 aliphatic carbocycles. The van der Waals surface area contributed by atoms with Crippen molar-refractivity contribution in [2.75, 3.05) is 13.2 Å². The van der Waals surface area contributed by atoms with E-state index in [0.717, 1.165) is 44.1 Å². The molecule has 0 bridgehead atoms. The molecule has 3 aliphatic rings. The third kappa shape index (κ3) is 7.09. The predicted octanol–water partition coefficient (Wildman–Crippen LogP) is 9.97. The summed E-state index contributed by atoms with van der Waals surface area (Å²) in [6.07, 6.45) is 5.92. The maximum Gasteiger partial charge on any atom is 0.311 e. The second kappa shape index (κ2) is 15.3. The Bertz CT molecular complexity index is 1750. The molecule has 0 amide bonds. The van der Waals surface area contributed by atoms with Crippen molar-refractivity contribution in [2.24, 2.45) is 45.0 Å². The van der Waals surface area contributed by atoms with E-state index in [0.29, 0.717) is 19.6 Å². The molecule has 0 radical (unpaired) electrons. The van der Waals surface area contributed by atoms with Crippen LogP contribution in [0.1, 0.15) is 106 Å². The number of azide groups is 1. The first-order valence-electron chi connectivity index (χ1n) is 20.3. The summed E-state index contributed by atoms with van der Waals surface area (Å²) in [5.41, 5.74) is 8.53. The maximum atomic E-state index is 13.4. The third-order valence-corrected chi connectivity index (χ3v) is 19.4. The van der Waals surface area contributed by atoms with E-state index >= 15 is 0 Å². The van der Waals surface area contributed by atoms with Crippen molar-refractivity contribution in [1.29, 1.82) is 0 Å². The minimum atomic E-state index is -2.82. The summed E-state index contributed by atoms with van der Waals surface area (Å²) >= 11 is 0. The molecule has 3 aromatic carbocycles. The quantitative estimate of drug-likeness (QED) is 0.0733. The number of carbonyl (C=O) groups excluding carboxylic acids is 1. The molecule has 290 valence electrons. The molecule has 0 aromatic heterocycles. The van der Waals surface area contributed by atoms with Gasteiger partial charge in [0, 0.05) is 28.9 Å². The van der Waals surface area contributed by atoms with Crippen LogP contribution in [0.5, 0.6) is 0 Å². The first-order valence-corrected chi connectivity index (χ1v) is 22.2. The Labute approximate surface area is 325 Å². The summed E-state index contributed by atoms with van der Waals surface area (Å²) in [5, 5.41) is 19.2. The van der Waals surface area contributed by atoms with E-state index in [9.17, 15) is 15.4 Å². The van der Waals surface area contributed by atoms with E-state index in [-0.39, 0.29) is 51.6 Å². The number of carbonyl (C=O) groups is 1. The van der Waals surface area contributed by atoms with Crippen LogP contribution < -0.4 is 10.4 Å². The summed E-state index contributed by atoms with van der Waals surface area (Å²) in [6, 6.07) is 31.8. The van der Waals surface area contributed by atoms with Crippen LogP contribution in [0.4, 0.5) is 0 Å². The van der Waals surface area contributed by atoms with E-state index in [1.165, 1.54) is 10.4 Å². The SMILES string of the molecule is CC(C)(C)C(=O)OC[C@H]1C[C@@H](O[Si](c2ccccc2)(c2ccccc2)C(C)(C)C)CC[C@]1(C)[C@H]1CC[C@@]2(C)[C@@H](CC[C@@]2(O)c2ccccc2)[C@@H]1CN=[N+]=[N-]. The number of hydrogen-bond donors (Lipinski definition) is 1. The lowest BCUT2D eigenvalue weighted by Crippen LogP contribution is -2.68. The Morgan fingerprint density at radius 3 is 1.93 bits per heavy atom. The lowest BCUT2D eigenvalue weighted by molar-refractivity contribution is -0.164. The van der Waals surface area contributed by atoms with Gasteiger partial charge in [-0.05, 0) is 115 Å². The van der Waals surface area contributed by atoms with E-state index in [4.69, 9.17) is 9.16 Å². The molecule has 8 atom stereocenters. The van der Waals surface area contributed by atoms with E-state index < -0.39 is 19.3 Å². The van der Waals surface area contributed by atoms with Gasteiger partial charge in [-0.2, -0.15) is 0 Å². The molecule has 6 rings (SSSR count). The fourth-order valence-electron chi connectivity index (χ4n) is 11.3. The van der Waals surface area contributed by atoms with Crippen molar-refractivity contribution < 1.29 is 19.1 Å². The third-order valence-electron chi connectivity index (χ3n) is 14.3. The largest absolute Gasteiger partial charge is 0.465 e. The van der Waals surface area contributed by atoms with Crippen LogP contribution in [0.15, 0.2) is 96.1 Å². The average Bonchev–Trinajstić information content (AvgIpc) is 3.43. The van der Waals surface area contributed by atoms with Gasteiger partial charge in [0.05, 0.1) is 17.6 Å². The number of benzene rings is 3. The molecule has 3 saturated carbocycles. The fraction of sp³-hybridized carbons (Fsp3) is 0.587. The van der Waals surface area contributed by atoms with Crippen LogP contribution in [0.25, 0.3) is 10.4 Å². The summed E-state index contributed by atoms with van der Waals surface area (Å²) in [5.74, 6) is 0.361. The Kier molecular flexibility index (Phi) is 11.4. The number of ether oxygens (including phenoxy) is 1. The first kappa shape index (κ1) is 40.2. The van der Waals surface area contributed by atoms with Gasteiger partial charge >= 0.3 is 5.97 Å². The number of rotatable bonds is 10. The summed E-state index contributed by atoms with van der Waals surface area (Å²) in [6.45, 7) is 18.1. The second-order valence-electron chi connectivity index (χ2n) is 19.2. The van der Waals surface area contributed by atoms with Crippen LogP contribution in [0.2, 0.25) is 5.04 Å². The lowest BCUT2D eigenvalue weighted by Gasteiger charge is -2.59. The highest BCUT2D eigenvalue weighted by atomic mass is 28.4. The van der Waals surface area contributed by atoms with Gasteiger partial charge in [0.15, 0.2) is 0 Å². The predicted molar refractivity (Wildman–Crippen MR) is 220 cm³/mol. The highest BCUT2D eigenvalue weighted by Gasteiger charge is 2.64. The molecule has 0 unspecified atom stereocenters. The van der Waals surface area contributed by atoms with Gasteiger partial charge in [-0.3, -0.25) is 4.79 Å².